The van der Waals surface area contributed by atoms with Crippen LogP contribution < -0.4 is 10.1 Å². The van der Waals surface area contributed by atoms with Crippen LogP contribution in [-0.4, -0.2) is 30.8 Å². The van der Waals surface area contributed by atoms with E-state index in [1.165, 1.54) is 0 Å². The summed E-state index contributed by atoms with van der Waals surface area (Å²) in [6, 6.07) is 6.72. The van der Waals surface area contributed by atoms with E-state index in [1.54, 1.807) is 24.3 Å². The molecule has 1 aliphatic rings. The molecule has 1 amide bonds. The first-order valence-electron chi connectivity index (χ1n) is 8.47. The molecule has 1 saturated heterocycles. The first-order valence-corrected chi connectivity index (χ1v) is 9.22. The van der Waals surface area contributed by atoms with Gasteiger partial charge in [0.1, 0.15) is 12.4 Å². The minimum absolute atomic E-state index is 0.0678. The zero-order chi connectivity index (χ0) is 18.4. The first-order chi connectivity index (χ1) is 12.6. The van der Waals surface area contributed by atoms with Crippen LogP contribution in [0.4, 0.5) is 0 Å². The van der Waals surface area contributed by atoms with Gasteiger partial charge in [-0.05, 0) is 30.9 Å². The molecule has 1 aromatic carbocycles. The minimum Gasteiger partial charge on any atom is -0.485 e. The summed E-state index contributed by atoms with van der Waals surface area (Å²) < 4.78 is 16.1. The van der Waals surface area contributed by atoms with Crippen molar-refractivity contribution in [3.63, 3.8) is 0 Å². The maximum atomic E-state index is 12.0. The normalized spacial score (nSPS) is 15.0. The zero-order valence-corrected chi connectivity index (χ0v) is 15.7. The highest BCUT2D eigenvalue weighted by Gasteiger charge is 2.16. The Labute approximate surface area is 161 Å². The van der Waals surface area contributed by atoms with E-state index in [0.29, 0.717) is 39.7 Å². The van der Waals surface area contributed by atoms with Gasteiger partial charge in [-0.15, -0.1) is 0 Å². The monoisotopic (exact) mass is 398 g/mol. The molecule has 0 spiro atoms. The highest BCUT2D eigenvalue weighted by Crippen LogP contribution is 2.26. The molecule has 3 rings (SSSR count). The van der Waals surface area contributed by atoms with E-state index in [0.717, 1.165) is 26.1 Å². The fourth-order valence-electron chi connectivity index (χ4n) is 2.66. The third kappa shape index (κ3) is 5.62. The van der Waals surface area contributed by atoms with E-state index in [-0.39, 0.29) is 18.9 Å². The van der Waals surface area contributed by atoms with E-state index in [4.69, 9.17) is 37.2 Å². The van der Waals surface area contributed by atoms with Crippen molar-refractivity contribution in [3.05, 3.63) is 45.8 Å². The Balaban J connectivity index is 1.43. The lowest BCUT2D eigenvalue weighted by molar-refractivity contribution is -0.120. The number of carbonyl (C=O) groups excluding carboxylic acids is 1. The summed E-state index contributed by atoms with van der Waals surface area (Å²) in [5.41, 5.74) is 0.571. The van der Waals surface area contributed by atoms with E-state index >= 15 is 0 Å². The fraction of sp³-hybridized carbons (Fsp3) is 0.444. The summed E-state index contributed by atoms with van der Waals surface area (Å²) in [6.07, 6.45) is 2.15. The van der Waals surface area contributed by atoms with Gasteiger partial charge in [-0.1, -0.05) is 28.4 Å². The number of aromatic nitrogens is 1. The molecule has 2 aromatic rings. The van der Waals surface area contributed by atoms with Gasteiger partial charge in [0.15, 0.2) is 5.76 Å². The van der Waals surface area contributed by atoms with Crippen molar-refractivity contribution in [1.82, 2.24) is 10.5 Å². The highest BCUT2D eigenvalue weighted by atomic mass is 35.5. The number of halogens is 2. The molecule has 26 heavy (non-hydrogen) atoms. The zero-order valence-electron chi connectivity index (χ0n) is 14.2. The molecule has 2 heterocycles. The molecule has 140 valence electrons. The van der Waals surface area contributed by atoms with Gasteiger partial charge < -0.3 is 19.3 Å². The number of nitrogens with zero attached hydrogens (tertiary/aromatic N) is 1. The summed E-state index contributed by atoms with van der Waals surface area (Å²) in [4.78, 5) is 12.0. The Hall–Kier alpha value is -1.76. The number of nitrogens with one attached hydrogen (secondary N) is 1. The van der Waals surface area contributed by atoms with Gasteiger partial charge in [0.05, 0.1) is 22.2 Å². The molecule has 0 unspecified atom stereocenters. The molecule has 1 aliphatic heterocycles. The standard InChI is InChI=1S/C18H20Cl2N2O4/c19-16-2-1-14(9-17(16)20)25-11-15-7-13(22-26-15)8-18(23)21-10-12-3-5-24-6-4-12/h1-2,7,9,12H,3-6,8,10-11H2,(H,21,23). The van der Waals surface area contributed by atoms with Crippen molar-refractivity contribution in [3.8, 4) is 5.75 Å². The predicted octanol–water partition coefficient (Wildman–Crippen LogP) is 3.65. The Morgan fingerprint density at radius 2 is 2.04 bits per heavy atom. The highest BCUT2D eigenvalue weighted by molar-refractivity contribution is 6.42. The van der Waals surface area contributed by atoms with E-state index < -0.39 is 0 Å². The fourth-order valence-corrected chi connectivity index (χ4v) is 2.95. The van der Waals surface area contributed by atoms with Gasteiger partial charge in [-0.3, -0.25) is 4.79 Å². The largest absolute Gasteiger partial charge is 0.485 e. The van der Waals surface area contributed by atoms with Crippen LogP contribution in [0.2, 0.25) is 10.0 Å². The Morgan fingerprint density at radius 3 is 2.81 bits per heavy atom. The SMILES string of the molecule is O=C(Cc1cc(COc2ccc(Cl)c(Cl)c2)on1)NCC1CCOCC1. The lowest BCUT2D eigenvalue weighted by atomic mass is 10.0. The predicted molar refractivity (Wildman–Crippen MR) is 97.6 cm³/mol. The van der Waals surface area contributed by atoms with Crippen LogP contribution in [0.5, 0.6) is 5.75 Å². The van der Waals surface area contributed by atoms with Crippen molar-refractivity contribution in [2.75, 3.05) is 19.8 Å². The molecule has 0 saturated carbocycles. The Bertz CT molecular complexity index is 745. The molecular formula is C18H20Cl2N2O4. The van der Waals surface area contributed by atoms with Gasteiger partial charge >= 0.3 is 0 Å². The summed E-state index contributed by atoms with van der Waals surface area (Å²) >= 11 is 11.8. The van der Waals surface area contributed by atoms with Gasteiger partial charge in [-0.25, -0.2) is 0 Å². The molecule has 0 atom stereocenters. The molecule has 1 N–H and O–H groups in total. The lowest BCUT2D eigenvalue weighted by Crippen LogP contribution is -2.33. The number of hydrogen-bond acceptors (Lipinski definition) is 5. The van der Waals surface area contributed by atoms with Gasteiger partial charge in [0, 0.05) is 31.9 Å². The average molecular weight is 399 g/mol. The maximum absolute atomic E-state index is 12.0. The van der Waals surface area contributed by atoms with Crippen molar-refractivity contribution in [2.24, 2.45) is 5.92 Å². The summed E-state index contributed by atoms with van der Waals surface area (Å²) in [5, 5.41) is 7.74. The summed E-state index contributed by atoms with van der Waals surface area (Å²) in [5.74, 6) is 1.52. The first kappa shape index (κ1) is 19.0. The number of amides is 1. The van der Waals surface area contributed by atoms with Crippen molar-refractivity contribution < 1.29 is 18.8 Å². The van der Waals surface area contributed by atoms with Gasteiger partial charge in [0.2, 0.25) is 5.91 Å². The van der Waals surface area contributed by atoms with Crippen LogP contribution in [0.25, 0.3) is 0 Å². The lowest BCUT2D eigenvalue weighted by Gasteiger charge is -2.21. The molecule has 1 aromatic heterocycles. The topological polar surface area (TPSA) is 73.6 Å². The third-order valence-electron chi connectivity index (χ3n) is 4.15. The van der Waals surface area contributed by atoms with E-state index in [9.17, 15) is 4.79 Å². The Morgan fingerprint density at radius 1 is 1.23 bits per heavy atom. The van der Waals surface area contributed by atoms with Crippen LogP contribution in [-0.2, 0) is 22.6 Å². The molecule has 0 bridgehead atoms. The maximum Gasteiger partial charge on any atom is 0.226 e. The molecule has 1 fully saturated rings. The molecular weight excluding hydrogens is 379 g/mol. The van der Waals surface area contributed by atoms with Crippen LogP contribution in [0.1, 0.15) is 24.3 Å². The van der Waals surface area contributed by atoms with Crippen molar-refractivity contribution >= 4 is 29.1 Å². The molecule has 0 radical (unpaired) electrons. The van der Waals surface area contributed by atoms with Crippen molar-refractivity contribution in [2.45, 2.75) is 25.9 Å². The molecule has 8 heteroatoms. The summed E-state index contributed by atoms with van der Waals surface area (Å²) in [7, 11) is 0. The van der Waals surface area contributed by atoms with E-state index in [1.807, 2.05) is 0 Å². The van der Waals surface area contributed by atoms with Crippen molar-refractivity contribution in [1.29, 1.82) is 0 Å². The van der Waals surface area contributed by atoms with Crippen LogP contribution in [0.15, 0.2) is 28.8 Å². The number of hydrogen-bond donors (Lipinski definition) is 1. The second kappa shape index (κ2) is 9.26. The molecule has 0 aliphatic carbocycles. The second-order valence-corrected chi connectivity index (χ2v) is 7.00. The third-order valence-corrected chi connectivity index (χ3v) is 4.89. The van der Waals surface area contributed by atoms with Crippen LogP contribution in [0, 0.1) is 5.92 Å². The Kier molecular flexibility index (Phi) is 6.77. The van der Waals surface area contributed by atoms with Gasteiger partial charge in [-0.2, -0.15) is 0 Å². The van der Waals surface area contributed by atoms with Gasteiger partial charge in [0.25, 0.3) is 0 Å². The quantitative estimate of drug-likeness (QED) is 0.770. The smallest absolute Gasteiger partial charge is 0.226 e. The second-order valence-electron chi connectivity index (χ2n) is 6.19. The number of rotatable bonds is 7. The van der Waals surface area contributed by atoms with Crippen LogP contribution in [0.3, 0.4) is 0 Å². The average Bonchev–Trinajstić information content (AvgIpc) is 3.09. The minimum atomic E-state index is -0.0678. The van der Waals surface area contributed by atoms with Crippen LogP contribution >= 0.6 is 23.2 Å². The number of ether oxygens (including phenoxy) is 2. The number of benzene rings is 1. The van der Waals surface area contributed by atoms with E-state index in [2.05, 4.69) is 10.5 Å². The number of carbonyl (C=O) groups is 1. The molecule has 6 nitrogen and oxygen atoms in total. The summed E-state index contributed by atoms with van der Waals surface area (Å²) in [6.45, 7) is 2.40.